The predicted molar refractivity (Wildman–Crippen MR) is 131 cm³/mol. The number of hydrogen-bond acceptors (Lipinski definition) is 6. The van der Waals surface area contributed by atoms with E-state index in [-0.39, 0.29) is 23.8 Å². The number of benzene rings is 1. The van der Waals surface area contributed by atoms with Crippen molar-refractivity contribution in [2.24, 2.45) is 5.73 Å². The lowest BCUT2D eigenvalue weighted by molar-refractivity contribution is 0.0568. The third-order valence-electron chi connectivity index (χ3n) is 8.11. The standard InChI is InChI=1S/C26H38FN5O/c1-30-10-3-5-24(30)18-4-2-11-32(17-18)25-15-21(26(33)16-23(25)28)20-7-6-19(14-22(20)27)31-12-8-29-9-13-31/h2,4,6-7,14,17,21,23-26,29,33H,3,5,8-13,15-16,28H2,1H3/t21?,23?,24?,25-,26-/m1/s1. The number of aliphatic hydroxyl groups is 1. The first-order valence-electron chi connectivity index (χ1n) is 12.5. The van der Waals surface area contributed by atoms with Crippen molar-refractivity contribution in [3.63, 3.8) is 0 Å². The molecular formula is C26H38FN5O. The van der Waals surface area contributed by atoms with E-state index in [0.717, 1.165) is 45.0 Å². The summed E-state index contributed by atoms with van der Waals surface area (Å²) >= 11 is 0. The number of piperazine rings is 1. The summed E-state index contributed by atoms with van der Waals surface area (Å²) in [6, 6.07) is 5.95. The molecule has 3 unspecified atom stereocenters. The first-order valence-corrected chi connectivity index (χ1v) is 12.5. The molecule has 1 aromatic rings. The van der Waals surface area contributed by atoms with Gasteiger partial charge in [0, 0.05) is 68.7 Å². The van der Waals surface area contributed by atoms with Crippen LogP contribution in [0.25, 0.3) is 0 Å². The Balaban J connectivity index is 1.34. The molecule has 0 amide bonds. The number of hydrogen-bond donors (Lipinski definition) is 3. The molecule has 0 spiro atoms. The second kappa shape index (κ2) is 9.74. The highest BCUT2D eigenvalue weighted by Crippen LogP contribution is 2.38. The van der Waals surface area contributed by atoms with Gasteiger partial charge in [-0.2, -0.15) is 0 Å². The third-order valence-corrected chi connectivity index (χ3v) is 8.11. The minimum Gasteiger partial charge on any atom is -0.392 e. The largest absolute Gasteiger partial charge is 0.392 e. The average Bonchev–Trinajstić information content (AvgIpc) is 3.26. The monoisotopic (exact) mass is 455 g/mol. The Hall–Kier alpha value is -1.93. The van der Waals surface area contributed by atoms with Crippen molar-refractivity contribution in [2.45, 2.75) is 55.8 Å². The van der Waals surface area contributed by atoms with Gasteiger partial charge in [-0.1, -0.05) is 18.2 Å². The van der Waals surface area contributed by atoms with Crippen LogP contribution in [0.5, 0.6) is 0 Å². The number of nitrogens with one attached hydrogen (secondary N) is 1. The molecule has 0 aromatic heterocycles. The summed E-state index contributed by atoms with van der Waals surface area (Å²) in [5.74, 6) is -0.463. The van der Waals surface area contributed by atoms with Gasteiger partial charge >= 0.3 is 0 Å². The molecular weight excluding hydrogens is 417 g/mol. The molecule has 1 saturated carbocycles. The summed E-state index contributed by atoms with van der Waals surface area (Å²) < 4.78 is 15.3. The molecule has 0 bridgehead atoms. The van der Waals surface area contributed by atoms with Crippen LogP contribution in [0.3, 0.4) is 0 Å². The maximum absolute atomic E-state index is 15.3. The Morgan fingerprint density at radius 3 is 2.70 bits per heavy atom. The first kappa shape index (κ1) is 22.8. The van der Waals surface area contributed by atoms with Gasteiger partial charge in [-0.15, -0.1) is 0 Å². The fourth-order valence-corrected chi connectivity index (χ4v) is 6.20. The van der Waals surface area contributed by atoms with Crippen molar-refractivity contribution in [1.82, 2.24) is 15.1 Å². The lowest BCUT2D eigenvalue weighted by atomic mass is 9.76. The van der Waals surface area contributed by atoms with Gasteiger partial charge in [0.25, 0.3) is 0 Å². The van der Waals surface area contributed by atoms with Crippen molar-refractivity contribution in [2.75, 3.05) is 51.2 Å². The fraction of sp³-hybridized carbons (Fsp3) is 0.615. The van der Waals surface area contributed by atoms with E-state index in [1.165, 1.54) is 18.4 Å². The van der Waals surface area contributed by atoms with Crippen LogP contribution in [0, 0.1) is 5.82 Å². The molecule has 5 rings (SSSR count). The summed E-state index contributed by atoms with van der Waals surface area (Å²) in [6.45, 7) is 5.55. The predicted octanol–water partition coefficient (Wildman–Crippen LogP) is 2.02. The molecule has 0 radical (unpaired) electrons. The summed E-state index contributed by atoms with van der Waals surface area (Å²) in [6.07, 6.45) is 9.67. The fourth-order valence-electron chi connectivity index (χ4n) is 6.20. The Kier molecular flexibility index (Phi) is 6.74. The van der Waals surface area contributed by atoms with E-state index in [2.05, 4.69) is 45.4 Å². The Labute approximate surface area is 196 Å². The van der Waals surface area contributed by atoms with Gasteiger partial charge in [-0.25, -0.2) is 4.39 Å². The van der Waals surface area contributed by atoms with Gasteiger partial charge in [0.05, 0.1) is 6.10 Å². The molecule has 1 aliphatic carbocycles. The van der Waals surface area contributed by atoms with Gasteiger partial charge in [-0.3, -0.25) is 4.90 Å². The van der Waals surface area contributed by atoms with Crippen LogP contribution < -0.4 is 16.0 Å². The maximum atomic E-state index is 15.3. The second-order valence-electron chi connectivity index (χ2n) is 10.2. The molecule has 5 atom stereocenters. The Morgan fingerprint density at radius 1 is 1.15 bits per heavy atom. The summed E-state index contributed by atoms with van der Waals surface area (Å²) in [5.41, 5.74) is 9.43. The van der Waals surface area contributed by atoms with Gasteiger partial charge < -0.3 is 26.0 Å². The highest BCUT2D eigenvalue weighted by molar-refractivity contribution is 5.49. The highest BCUT2D eigenvalue weighted by Gasteiger charge is 2.39. The van der Waals surface area contributed by atoms with E-state index in [1.54, 1.807) is 6.07 Å². The molecule has 3 heterocycles. The molecule has 7 heteroatoms. The minimum absolute atomic E-state index is 0.0808. The average molecular weight is 456 g/mol. The normalized spacial score (nSPS) is 33.5. The van der Waals surface area contributed by atoms with Crippen LogP contribution in [-0.4, -0.2) is 85.5 Å². The molecule has 2 saturated heterocycles. The lowest BCUT2D eigenvalue weighted by Gasteiger charge is -2.44. The molecule has 180 valence electrons. The number of nitrogens with two attached hydrogens (primary N) is 1. The zero-order valence-corrected chi connectivity index (χ0v) is 19.7. The van der Waals surface area contributed by atoms with E-state index < -0.39 is 6.10 Å². The highest BCUT2D eigenvalue weighted by atomic mass is 19.1. The van der Waals surface area contributed by atoms with Crippen LogP contribution in [0.15, 0.2) is 42.1 Å². The molecule has 1 aromatic carbocycles. The van der Waals surface area contributed by atoms with Crippen LogP contribution in [0.4, 0.5) is 10.1 Å². The number of aliphatic hydroxyl groups excluding tert-OH is 1. The summed E-state index contributed by atoms with van der Waals surface area (Å²) in [5, 5.41) is 14.2. The van der Waals surface area contributed by atoms with E-state index >= 15 is 4.39 Å². The van der Waals surface area contributed by atoms with Gasteiger partial charge in [0.1, 0.15) is 5.82 Å². The van der Waals surface area contributed by atoms with Crippen molar-refractivity contribution < 1.29 is 9.50 Å². The number of nitrogens with zero attached hydrogens (tertiary/aromatic N) is 3. The number of rotatable bonds is 4. The summed E-state index contributed by atoms with van der Waals surface area (Å²) in [4.78, 5) is 6.96. The van der Waals surface area contributed by atoms with E-state index in [0.29, 0.717) is 24.4 Å². The van der Waals surface area contributed by atoms with E-state index in [4.69, 9.17) is 5.73 Å². The van der Waals surface area contributed by atoms with Crippen molar-refractivity contribution in [3.05, 3.63) is 53.5 Å². The zero-order chi connectivity index (χ0) is 22.9. The Morgan fingerprint density at radius 2 is 1.97 bits per heavy atom. The van der Waals surface area contributed by atoms with E-state index in [9.17, 15) is 5.11 Å². The molecule has 33 heavy (non-hydrogen) atoms. The van der Waals surface area contributed by atoms with Gasteiger partial charge in [0.2, 0.25) is 0 Å². The third kappa shape index (κ3) is 4.69. The smallest absolute Gasteiger partial charge is 0.128 e. The van der Waals surface area contributed by atoms with Crippen LogP contribution in [0.1, 0.15) is 37.2 Å². The molecule has 6 nitrogen and oxygen atoms in total. The van der Waals surface area contributed by atoms with E-state index in [1.807, 2.05) is 12.1 Å². The number of likely N-dealkylation sites (tertiary alicyclic amines) is 1. The van der Waals surface area contributed by atoms with Crippen LogP contribution in [-0.2, 0) is 0 Å². The quantitative estimate of drug-likeness (QED) is 0.646. The van der Waals surface area contributed by atoms with Crippen LogP contribution >= 0.6 is 0 Å². The van der Waals surface area contributed by atoms with Crippen molar-refractivity contribution >= 4 is 5.69 Å². The second-order valence-corrected chi connectivity index (χ2v) is 10.2. The SMILES string of the molecule is CN1CCCC1C1=CN([C@@H]2CC(c3ccc(N4CCNCC4)cc3F)[C@H](O)CC2N)CC=C1. The first-order chi connectivity index (χ1) is 16.0. The molecule has 3 fully saturated rings. The molecule has 3 aliphatic heterocycles. The molecule has 4 N–H and O–H groups in total. The van der Waals surface area contributed by atoms with Gasteiger partial charge in [0.15, 0.2) is 0 Å². The molecule has 4 aliphatic rings. The number of halogens is 1. The number of anilines is 1. The van der Waals surface area contributed by atoms with Crippen molar-refractivity contribution in [1.29, 1.82) is 0 Å². The maximum Gasteiger partial charge on any atom is 0.128 e. The number of likely N-dealkylation sites (N-methyl/N-ethyl adjacent to an activating group) is 1. The summed E-state index contributed by atoms with van der Waals surface area (Å²) in [7, 11) is 2.19. The lowest BCUT2D eigenvalue weighted by Crippen LogP contribution is -2.53. The topological polar surface area (TPSA) is 68.0 Å². The zero-order valence-electron chi connectivity index (χ0n) is 19.7. The van der Waals surface area contributed by atoms with Gasteiger partial charge in [-0.05, 0) is 62.5 Å². The Bertz CT molecular complexity index is 899. The minimum atomic E-state index is -0.625. The van der Waals surface area contributed by atoms with Crippen LogP contribution in [0.2, 0.25) is 0 Å². The van der Waals surface area contributed by atoms with Crippen molar-refractivity contribution in [3.8, 4) is 0 Å².